The molecule has 0 atom stereocenters. The molecule has 3 rings (SSSR count). The standard InChI is InChI=1S/C20H23N3O4/c1-5-12-17(22-19(25)16(18(12)24)20(26)27)11-6-7-13-10(2)15(9-23(3)4)21-14(13)8-11/h6-8,21H,5,9H2,1-4H3,(H,26,27)(H2,22,24,25). The van der Waals surface area contributed by atoms with E-state index in [4.69, 9.17) is 0 Å². The van der Waals surface area contributed by atoms with Gasteiger partial charge in [0, 0.05) is 34.3 Å². The van der Waals surface area contributed by atoms with Gasteiger partial charge in [0.25, 0.3) is 5.56 Å². The second kappa shape index (κ2) is 6.92. The van der Waals surface area contributed by atoms with Crippen molar-refractivity contribution in [3.63, 3.8) is 0 Å². The van der Waals surface area contributed by atoms with Crippen molar-refractivity contribution >= 4 is 16.9 Å². The number of aromatic nitrogens is 2. The van der Waals surface area contributed by atoms with Gasteiger partial charge in [0.15, 0.2) is 5.56 Å². The van der Waals surface area contributed by atoms with Crippen LogP contribution in [0.1, 0.15) is 34.1 Å². The summed E-state index contributed by atoms with van der Waals surface area (Å²) in [6.07, 6.45) is 0.381. The molecule has 0 bridgehead atoms. The van der Waals surface area contributed by atoms with E-state index in [0.29, 0.717) is 23.2 Å². The summed E-state index contributed by atoms with van der Waals surface area (Å²) < 4.78 is 0. The first-order valence-corrected chi connectivity index (χ1v) is 8.72. The number of carboxylic acids is 1. The minimum absolute atomic E-state index is 0.381. The minimum Gasteiger partial charge on any atom is -0.506 e. The molecule has 0 radical (unpaired) electrons. The Kier molecular flexibility index (Phi) is 4.80. The van der Waals surface area contributed by atoms with Gasteiger partial charge in [-0.3, -0.25) is 4.79 Å². The Morgan fingerprint density at radius 3 is 2.52 bits per heavy atom. The van der Waals surface area contributed by atoms with E-state index < -0.39 is 22.8 Å². The SMILES string of the molecule is CCc1c(-c2ccc3c(C)c(CN(C)C)[nH]c3c2)[nH]c(=O)c(C(=O)O)c1O. The molecule has 4 N–H and O–H groups in total. The smallest absolute Gasteiger partial charge is 0.345 e. The van der Waals surface area contributed by atoms with Crippen LogP contribution in [0.4, 0.5) is 0 Å². The predicted molar refractivity (Wildman–Crippen MR) is 104 cm³/mol. The Balaban J connectivity index is 2.21. The molecule has 27 heavy (non-hydrogen) atoms. The highest BCUT2D eigenvalue weighted by molar-refractivity contribution is 5.93. The lowest BCUT2D eigenvalue weighted by atomic mass is 9.99. The van der Waals surface area contributed by atoms with Gasteiger partial charge in [-0.05, 0) is 39.1 Å². The van der Waals surface area contributed by atoms with Gasteiger partial charge in [-0.25, -0.2) is 4.79 Å². The van der Waals surface area contributed by atoms with Crippen molar-refractivity contribution in [2.75, 3.05) is 14.1 Å². The van der Waals surface area contributed by atoms with Gasteiger partial charge < -0.3 is 25.1 Å². The molecule has 0 saturated heterocycles. The lowest BCUT2D eigenvalue weighted by Crippen LogP contribution is -2.20. The summed E-state index contributed by atoms with van der Waals surface area (Å²) >= 11 is 0. The molecule has 7 nitrogen and oxygen atoms in total. The Morgan fingerprint density at radius 1 is 1.22 bits per heavy atom. The van der Waals surface area contributed by atoms with Crippen LogP contribution in [0.15, 0.2) is 23.0 Å². The van der Waals surface area contributed by atoms with Crippen molar-refractivity contribution in [1.82, 2.24) is 14.9 Å². The van der Waals surface area contributed by atoms with E-state index >= 15 is 0 Å². The fourth-order valence-electron chi connectivity index (χ4n) is 3.44. The number of aromatic amines is 2. The van der Waals surface area contributed by atoms with Gasteiger partial charge in [0.05, 0.1) is 5.69 Å². The predicted octanol–water partition coefficient (Wildman–Crippen LogP) is 2.86. The summed E-state index contributed by atoms with van der Waals surface area (Å²) in [4.78, 5) is 31.6. The molecular formula is C20H23N3O4. The highest BCUT2D eigenvalue weighted by Gasteiger charge is 2.22. The van der Waals surface area contributed by atoms with Gasteiger partial charge in [-0.2, -0.15) is 0 Å². The third-order valence-electron chi connectivity index (χ3n) is 4.78. The number of fused-ring (bicyclic) bond motifs is 1. The van der Waals surface area contributed by atoms with Crippen LogP contribution in [-0.4, -0.2) is 45.1 Å². The lowest BCUT2D eigenvalue weighted by molar-refractivity contribution is 0.0691. The van der Waals surface area contributed by atoms with Crippen molar-refractivity contribution in [2.45, 2.75) is 26.8 Å². The highest BCUT2D eigenvalue weighted by atomic mass is 16.4. The number of nitrogens with one attached hydrogen (secondary N) is 2. The number of H-pyrrole nitrogens is 2. The molecule has 142 valence electrons. The zero-order valence-electron chi connectivity index (χ0n) is 15.8. The minimum atomic E-state index is -1.45. The first-order valence-electron chi connectivity index (χ1n) is 8.72. The number of carboxylic acid groups (broad SMARTS) is 1. The summed E-state index contributed by atoms with van der Waals surface area (Å²) in [7, 11) is 4.00. The normalized spacial score (nSPS) is 11.4. The van der Waals surface area contributed by atoms with Crippen molar-refractivity contribution in [2.24, 2.45) is 0 Å². The van der Waals surface area contributed by atoms with Gasteiger partial charge in [-0.15, -0.1) is 0 Å². The number of carbonyl (C=O) groups is 1. The van der Waals surface area contributed by atoms with Crippen molar-refractivity contribution in [3.8, 4) is 17.0 Å². The molecule has 0 unspecified atom stereocenters. The van der Waals surface area contributed by atoms with Gasteiger partial charge in [-0.1, -0.05) is 19.1 Å². The maximum absolute atomic E-state index is 12.2. The van der Waals surface area contributed by atoms with E-state index in [-0.39, 0.29) is 0 Å². The molecule has 0 amide bonds. The largest absolute Gasteiger partial charge is 0.506 e. The maximum Gasteiger partial charge on any atom is 0.345 e. The van der Waals surface area contributed by atoms with Crippen LogP contribution in [-0.2, 0) is 13.0 Å². The first-order chi connectivity index (χ1) is 12.7. The molecule has 2 aromatic heterocycles. The van der Waals surface area contributed by atoms with Crippen molar-refractivity contribution < 1.29 is 15.0 Å². The number of aryl methyl sites for hydroxylation is 1. The third-order valence-corrected chi connectivity index (χ3v) is 4.78. The molecule has 0 aliphatic heterocycles. The van der Waals surface area contributed by atoms with Crippen LogP contribution in [0.5, 0.6) is 5.75 Å². The molecule has 0 spiro atoms. The van der Waals surface area contributed by atoms with Crippen LogP contribution in [0.25, 0.3) is 22.2 Å². The maximum atomic E-state index is 12.2. The van der Waals surface area contributed by atoms with E-state index in [1.54, 1.807) is 6.92 Å². The number of benzene rings is 1. The average Bonchev–Trinajstić information content (AvgIpc) is 2.88. The topological polar surface area (TPSA) is 109 Å². The molecule has 2 heterocycles. The van der Waals surface area contributed by atoms with Gasteiger partial charge in [0.1, 0.15) is 5.75 Å². The zero-order chi connectivity index (χ0) is 19.9. The second-order valence-corrected chi connectivity index (χ2v) is 6.92. The Labute approximate surface area is 156 Å². The summed E-state index contributed by atoms with van der Waals surface area (Å²) in [5.41, 5.74) is 3.31. The number of aromatic carboxylic acids is 1. The summed E-state index contributed by atoms with van der Waals surface area (Å²) in [5.74, 6) is -1.92. The molecule has 0 aliphatic carbocycles. The van der Waals surface area contributed by atoms with Crippen LogP contribution < -0.4 is 5.56 Å². The Morgan fingerprint density at radius 2 is 1.93 bits per heavy atom. The van der Waals surface area contributed by atoms with Crippen molar-refractivity contribution in [3.05, 3.63) is 50.9 Å². The summed E-state index contributed by atoms with van der Waals surface area (Å²) in [6.45, 7) is 4.64. The van der Waals surface area contributed by atoms with E-state index in [1.807, 2.05) is 32.3 Å². The second-order valence-electron chi connectivity index (χ2n) is 6.92. The third kappa shape index (κ3) is 3.21. The van der Waals surface area contributed by atoms with Gasteiger partial charge in [0.2, 0.25) is 0 Å². The molecule has 0 saturated carbocycles. The Hall–Kier alpha value is -3.06. The van der Waals surface area contributed by atoms with Crippen LogP contribution in [0.3, 0.4) is 0 Å². The van der Waals surface area contributed by atoms with Gasteiger partial charge >= 0.3 is 5.97 Å². The van der Waals surface area contributed by atoms with Crippen LogP contribution in [0, 0.1) is 6.92 Å². The number of aromatic hydroxyl groups is 1. The van der Waals surface area contributed by atoms with E-state index in [0.717, 1.165) is 23.1 Å². The number of nitrogens with zero attached hydrogens (tertiary/aromatic N) is 1. The Bertz CT molecular complexity index is 1090. The molecule has 3 aromatic rings. The molecule has 0 fully saturated rings. The van der Waals surface area contributed by atoms with E-state index in [9.17, 15) is 19.8 Å². The van der Waals surface area contributed by atoms with Crippen LogP contribution >= 0.6 is 0 Å². The fourth-order valence-corrected chi connectivity index (χ4v) is 3.44. The molecule has 1 aromatic carbocycles. The molecule has 0 aliphatic rings. The number of pyridine rings is 1. The average molecular weight is 369 g/mol. The zero-order valence-corrected chi connectivity index (χ0v) is 15.8. The quantitative estimate of drug-likeness (QED) is 0.553. The monoisotopic (exact) mass is 369 g/mol. The number of hydrogen-bond acceptors (Lipinski definition) is 4. The first kappa shape index (κ1) is 18.7. The number of hydrogen-bond donors (Lipinski definition) is 4. The summed E-state index contributed by atoms with van der Waals surface area (Å²) in [6, 6.07) is 5.74. The van der Waals surface area contributed by atoms with Crippen molar-refractivity contribution in [1.29, 1.82) is 0 Å². The summed E-state index contributed by atoms with van der Waals surface area (Å²) in [5, 5.41) is 20.6. The molecular weight excluding hydrogens is 346 g/mol. The molecule has 7 heteroatoms. The fraction of sp³-hybridized carbons (Fsp3) is 0.300. The van der Waals surface area contributed by atoms with Crippen LogP contribution in [0.2, 0.25) is 0 Å². The highest BCUT2D eigenvalue weighted by Crippen LogP contribution is 2.32. The number of rotatable bonds is 5. The van der Waals surface area contributed by atoms with E-state index in [2.05, 4.69) is 21.8 Å². The lowest BCUT2D eigenvalue weighted by Gasteiger charge is -2.12. The van der Waals surface area contributed by atoms with E-state index in [1.165, 1.54) is 5.56 Å².